The second kappa shape index (κ2) is 7.49. The van der Waals surface area contributed by atoms with Crippen LogP contribution in [0.4, 0.5) is 0 Å². The summed E-state index contributed by atoms with van der Waals surface area (Å²) < 4.78 is 7.35. The van der Waals surface area contributed by atoms with E-state index in [1.54, 1.807) is 20.4 Å². The topological polar surface area (TPSA) is 92.2 Å². The summed E-state index contributed by atoms with van der Waals surface area (Å²) in [6, 6.07) is 7.99. The smallest absolute Gasteiger partial charge is 0.219 e. The summed E-state index contributed by atoms with van der Waals surface area (Å²) in [7, 11) is 3.65. The van der Waals surface area contributed by atoms with E-state index in [0.717, 1.165) is 54.6 Å². The third-order valence-electron chi connectivity index (χ3n) is 6.70. The van der Waals surface area contributed by atoms with Gasteiger partial charge >= 0.3 is 0 Å². The van der Waals surface area contributed by atoms with Crippen LogP contribution in [0.1, 0.15) is 24.2 Å². The van der Waals surface area contributed by atoms with E-state index in [9.17, 15) is 4.79 Å². The van der Waals surface area contributed by atoms with Gasteiger partial charge in [-0.3, -0.25) is 14.8 Å². The molecule has 0 bridgehead atoms. The highest BCUT2D eigenvalue weighted by Gasteiger charge is 2.56. The highest BCUT2D eigenvalue weighted by atomic mass is 16.5. The van der Waals surface area contributed by atoms with Gasteiger partial charge in [-0.15, -0.1) is 10.2 Å². The third-order valence-corrected chi connectivity index (χ3v) is 6.70. The number of aromatic amines is 1. The molecule has 4 heterocycles. The maximum atomic E-state index is 12.1. The fourth-order valence-corrected chi connectivity index (χ4v) is 5.15. The number of methoxy groups -OCH3 is 1. The Hall–Kier alpha value is -3.20. The summed E-state index contributed by atoms with van der Waals surface area (Å²) in [5, 5.41) is 15.9. The molecule has 1 aromatic carbocycles. The van der Waals surface area contributed by atoms with E-state index in [1.807, 2.05) is 40.9 Å². The summed E-state index contributed by atoms with van der Waals surface area (Å²) in [6.07, 6.45) is 3.64. The number of hydrogen-bond donors (Lipinski definition) is 1. The van der Waals surface area contributed by atoms with Crippen molar-refractivity contribution in [2.45, 2.75) is 19.4 Å². The van der Waals surface area contributed by atoms with Crippen LogP contribution in [-0.2, 0) is 18.4 Å². The molecular formula is C22H27N7O2. The van der Waals surface area contributed by atoms with Gasteiger partial charge < -0.3 is 14.2 Å². The van der Waals surface area contributed by atoms with Gasteiger partial charge in [0.25, 0.3) is 0 Å². The van der Waals surface area contributed by atoms with Crippen molar-refractivity contribution < 1.29 is 9.53 Å². The van der Waals surface area contributed by atoms with Gasteiger partial charge in [-0.25, -0.2) is 0 Å². The Morgan fingerprint density at radius 2 is 2.16 bits per heavy atom. The molecule has 2 saturated heterocycles. The first kappa shape index (κ1) is 19.7. The number of rotatable bonds is 5. The molecule has 1 unspecified atom stereocenters. The van der Waals surface area contributed by atoms with E-state index < -0.39 is 0 Å². The summed E-state index contributed by atoms with van der Waals surface area (Å²) in [5.41, 5.74) is 3.25. The van der Waals surface area contributed by atoms with Crippen molar-refractivity contribution in [1.29, 1.82) is 0 Å². The zero-order chi connectivity index (χ0) is 21.6. The van der Waals surface area contributed by atoms with Crippen molar-refractivity contribution in [3.05, 3.63) is 48.2 Å². The summed E-state index contributed by atoms with van der Waals surface area (Å²) in [5.74, 6) is 2.10. The van der Waals surface area contributed by atoms with Gasteiger partial charge in [0, 0.05) is 69.2 Å². The first-order valence-electron chi connectivity index (χ1n) is 10.5. The van der Waals surface area contributed by atoms with E-state index >= 15 is 0 Å². The highest BCUT2D eigenvalue weighted by molar-refractivity contribution is 5.74. The van der Waals surface area contributed by atoms with Crippen LogP contribution >= 0.6 is 0 Å². The van der Waals surface area contributed by atoms with E-state index in [0.29, 0.717) is 6.54 Å². The van der Waals surface area contributed by atoms with Crippen LogP contribution in [0.15, 0.2) is 36.8 Å². The number of H-pyrrole nitrogens is 1. The Morgan fingerprint density at radius 3 is 2.87 bits per heavy atom. The normalized spacial score (nSPS) is 20.2. The molecule has 2 aromatic heterocycles. The van der Waals surface area contributed by atoms with Crippen LogP contribution in [-0.4, -0.2) is 74.0 Å². The lowest BCUT2D eigenvalue weighted by molar-refractivity contribution is -0.128. The molecule has 1 spiro atoms. The van der Waals surface area contributed by atoms with Crippen molar-refractivity contribution in [1.82, 2.24) is 34.8 Å². The summed E-state index contributed by atoms with van der Waals surface area (Å²) in [6.45, 7) is 5.75. The number of carbonyl (C=O) groups excluding carboxylic acids is 1. The number of benzene rings is 1. The molecule has 162 valence electrons. The van der Waals surface area contributed by atoms with Crippen molar-refractivity contribution in [2.24, 2.45) is 12.5 Å². The number of nitrogens with zero attached hydrogens (tertiary/aromatic N) is 6. The first-order chi connectivity index (χ1) is 15.0. The zero-order valence-corrected chi connectivity index (χ0v) is 18.1. The molecule has 3 aromatic rings. The number of carbonyl (C=O) groups is 1. The number of likely N-dealkylation sites (tertiary alicyclic amines) is 2. The summed E-state index contributed by atoms with van der Waals surface area (Å²) in [4.78, 5) is 16.5. The Kier molecular flexibility index (Phi) is 4.77. The molecule has 1 atom stereocenters. The number of hydrogen-bond acceptors (Lipinski definition) is 6. The minimum absolute atomic E-state index is 0.0202. The fraction of sp³-hybridized carbons (Fsp3) is 0.455. The largest absolute Gasteiger partial charge is 0.497 e. The minimum atomic E-state index is 0.0202. The van der Waals surface area contributed by atoms with Crippen LogP contribution in [0, 0.1) is 5.41 Å². The molecule has 5 rings (SSSR count). The monoisotopic (exact) mass is 421 g/mol. The average Bonchev–Trinajstić information content (AvgIpc) is 3.46. The van der Waals surface area contributed by atoms with Crippen LogP contribution < -0.4 is 4.74 Å². The number of nitrogens with one attached hydrogen (secondary N) is 1. The molecule has 2 aliphatic rings. The standard InChI is InChI=1S/C22H27N7O2/c1-15(30)29-10-19(21-26-24-14-27(21)2)22(13-29)11-28(12-22)9-17-8-23-25-20(17)16-5-4-6-18(7-16)31-3/h4-8,14,19H,9-13H2,1-3H3,(H,23,25). The van der Waals surface area contributed by atoms with Crippen LogP contribution in [0.2, 0.25) is 0 Å². The summed E-state index contributed by atoms with van der Waals surface area (Å²) >= 11 is 0. The van der Waals surface area contributed by atoms with Crippen molar-refractivity contribution in [3.63, 3.8) is 0 Å². The Morgan fingerprint density at radius 1 is 1.32 bits per heavy atom. The molecule has 1 amide bonds. The van der Waals surface area contributed by atoms with Crippen molar-refractivity contribution in [3.8, 4) is 17.0 Å². The molecule has 2 aliphatic heterocycles. The van der Waals surface area contributed by atoms with Gasteiger partial charge in [0.2, 0.25) is 5.91 Å². The van der Waals surface area contributed by atoms with E-state index in [1.165, 1.54) is 0 Å². The van der Waals surface area contributed by atoms with Crippen LogP contribution in [0.3, 0.4) is 0 Å². The molecule has 0 saturated carbocycles. The van der Waals surface area contributed by atoms with E-state index in [4.69, 9.17) is 4.74 Å². The van der Waals surface area contributed by atoms with Gasteiger partial charge in [-0.05, 0) is 12.1 Å². The lowest BCUT2D eigenvalue weighted by atomic mass is 9.71. The molecular weight excluding hydrogens is 394 g/mol. The van der Waals surface area contributed by atoms with E-state index in [2.05, 4.69) is 31.4 Å². The third kappa shape index (κ3) is 3.38. The molecule has 9 nitrogen and oxygen atoms in total. The van der Waals surface area contributed by atoms with Crippen molar-refractivity contribution >= 4 is 5.91 Å². The predicted molar refractivity (Wildman–Crippen MR) is 114 cm³/mol. The molecule has 0 aliphatic carbocycles. The molecule has 31 heavy (non-hydrogen) atoms. The Balaban J connectivity index is 1.34. The minimum Gasteiger partial charge on any atom is -0.497 e. The fourth-order valence-electron chi connectivity index (χ4n) is 5.15. The number of aryl methyl sites for hydroxylation is 1. The maximum Gasteiger partial charge on any atom is 0.219 e. The number of aromatic nitrogens is 5. The van der Waals surface area contributed by atoms with Gasteiger partial charge in [-0.1, -0.05) is 12.1 Å². The highest BCUT2D eigenvalue weighted by Crippen LogP contribution is 2.49. The lowest BCUT2D eigenvalue weighted by Gasteiger charge is -2.50. The quantitative estimate of drug-likeness (QED) is 0.674. The van der Waals surface area contributed by atoms with Crippen LogP contribution in [0.5, 0.6) is 5.75 Å². The molecule has 1 N–H and O–H groups in total. The van der Waals surface area contributed by atoms with Crippen LogP contribution in [0.25, 0.3) is 11.3 Å². The van der Waals surface area contributed by atoms with Gasteiger partial charge in [0.05, 0.1) is 19.0 Å². The average molecular weight is 422 g/mol. The second-order valence-electron chi connectivity index (χ2n) is 8.76. The molecule has 9 heteroatoms. The number of ether oxygens (including phenoxy) is 1. The van der Waals surface area contributed by atoms with Crippen molar-refractivity contribution in [2.75, 3.05) is 33.3 Å². The van der Waals surface area contributed by atoms with Gasteiger partial charge in [0.1, 0.15) is 17.9 Å². The molecule has 2 fully saturated rings. The lowest BCUT2D eigenvalue weighted by Crippen LogP contribution is -2.59. The first-order valence-corrected chi connectivity index (χ1v) is 10.5. The predicted octanol–water partition coefficient (Wildman–Crippen LogP) is 1.66. The SMILES string of the molecule is COc1cccc(-c2[nH]ncc2CN2CC3(C2)CN(C(C)=O)CC3c2nncn2C)c1. The van der Waals surface area contributed by atoms with Gasteiger partial charge in [-0.2, -0.15) is 5.10 Å². The second-order valence-corrected chi connectivity index (χ2v) is 8.76. The molecule has 0 radical (unpaired) electrons. The Labute approximate surface area is 181 Å². The number of amides is 1. The zero-order valence-electron chi connectivity index (χ0n) is 18.1. The Bertz CT molecular complexity index is 1100. The van der Waals surface area contributed by atoms with E-state index in [-0.39, 0.29) is 17.2 Å². The maximum absolute atomic E-state index is 12.1. The van der Waals surface area contributed by atoms with Gasteiger partial charge in [0.15, 0.2) is 0 Å².